The lowest BCUT2D eigenvalue weighted by Crippen LogP contribution is -2.37. The highest BCUT2D eigenvalue weighted by molar-refractivity contribution is 5.76. The molecule has 1 unspecified atom stereocenters. The van der Waals surface area contributed by atoms with Gasteiger partial charge in [0.05, 0.1) is 12.5 Å². The number of rotatable bonds is 9. The van der Waals surface area contributed by atoms with E-state index in [2.05, 4.69) is 5.32 Å². The van der Waals surface area contributed by atoms with E-state index in [1.807, 2.05) is 36.4 Å². The SMILES string of the molecule is O=C(O)CCC(Cc1ccccc1)NC(=O)CCc1ccoc1. The van der Waals surface area contributed by atoms with Gasteiger partial charge in [-0.25, -0.2) is 0 Å². The van der Waals surface area contributed by atoms with Gasteiger partial charge in [-0.05, 0) is 36.5 Å². The third-order valence-corrected chi connectivity index (χ3v) is 3.62. The van der Waals surface area contributed by atoms with Gasteiger partial charge in [0, 0.05) is 18.9 Å². The number of carboxylic acid groups (broad SMARTS) is 1. The molecule has 0 saturated carbocycles. The van der Waals surface area contributed by atoms with Crippen LogP contribution in [0.1, 0.15) is 30.4 Å². The van der Waals surface area contributed by atoms with Crippen molar-refractivity contribution in [3.05, 3.63) is 60.1 Å². The minimum absolute atomic E-state index is 0.0412. The van der Waals surface area contributed by atoms with Gasteiger partial charge in [-0.1, -0.05) is 30.3 Å². The Hall–Kier alpha value is -2.56. The van der Waals surface area contributed by atoms with E-state index in [4.69, 9.17) is 9.52 Å². The van der Waals surface area contributed by atoms with Crippen molar-refractivity contribution < 1.29 is 19.1 Å². The van der Waals surface area contributed by atoms with E-state index >= 15 is 0 Å². The van der Waals surface area contributed by atoms with Crippen LogP contribution < -0.4 is 5.32 Å². The van der Waals surface area contributed by atoms with Gasteiger partial charge in [0.2, 0.25) is 5.91 Å². The Kier molecular flexibility index (Phi) is 6.41. The first-order valence-corrected chi connectivity index (χ1v) is 7.69. The maximum atomic E-state index is 12.1. The Morgan fingerprint density at radius 3 is 2.52 bits per heavy atom. The molecule has 2 aromatic rings. The summed E-state index contributed by atoms with van der Waals surface area (Å²) < 4.78 is 4.97. The standard InChI is InChI=1S/C18H21NO4/c20-17(8-6-15-10-11-23-13-15)19-16(7-9-18(21)22)12-14-4-2-1-3-5-14/h1-5,10-11,13,16H,6-9,12H2,(H,19,20)(H,21,22). The summed E-state index contributed by atoms with van der Waals surface area (Å²) in [5, 5.41) is 11.8. The summed E-state index contributed by atoms with van der Waals surface area (Å²) in [6.45, 7) is 0. The molecule has 122 valence electrons. The molecule has 2 rings (SSSR count). The van der Waals surface area contributed by atoms with Crippen LogP contribution in [-0.4, -0.2) is 23.0 Å². The zero-order valence-corrected chi connectivity index (χ0v) is 12.9. The Morgan fingerprint density at radius 2 is 1.87 bits per heavy atom. The first-order valence-electron chi connectivity index (χ1n) is 7.69. The zero-order chi connectivity index (χ0) is 16.5. The van der Waals surface area contributed by atoms with E-state index in [0.29, 0.717) is 25.7 Å². The molecule has 1 heterocycles. The Bertz CT molecular complexity index is 607. The molecule has 1 aromatic carbocycles. The fourth-order valence-corrected chi connectivity index (χ4v) is 2.41. The normalized spacial score (nSPS) is 11.8. The summed E-state index contributed by atoms with van der Waals surface area (Å²) in [5.41, 5.74) is 2.06. The molecule has 5 heteroatoms. The summed E-state index contributed by atoms with van der Waals surface area (Å²) in [7, 11) is 0. The third-order valence-electron chi connectivity index (χ3n) is 3.62. The first kappa shape index (κ1) is 16.8. The predicted octanol–water partition coefficient (Wildman–Crippen LogP) is 2.80. The molecule has 0 aliphatic heterocycles. The van der Waals surface area contributed by atoms with Gasteiger partial charge in [0.25, 0.3) is 0 Å². The fraction of sp³-hybridized carbons (Fsp3) is 0.333. The van der Waals surface area contributed by atoms with Crippen molar-refractivity contribution in [3.63, 3.8) is 0 Å². The molecule has 23 heavy (non-hydrogen) atoms. The van der Waals surface area contributed by atoms with Crippen LogP contribution in [-0.2, 0) is 22.4 Å². The van der Waals surface area contributed by atoms with Crippen LogP contribution in [0.25, 0.3) is 0 Å². The van der Waals surface area contributed by atoms with Crippen LogP contribution in [0.2, 0.25) is 0 Å². The van der Waals surface area contributed by atoms with Crippen LogP contribution in [0, 0.1) is 0 Å². The Balaban J connectivity index is 1.87. The summed E-state index contributed by atoms with van der Waals surface area (Å²) in [4.78, 5) is 22.9. The third kappa shape index (κ3) is 6.38. The lowest BCUT2D eigenvalue weighted by atomic mass is 10.0. The summed E-state index contributed by atoms with van der Waals surface area (Å²) in [6.07, 6.45) is 5.27. The smallest absolute Gasteiger partial charge is 0.303 e. The highest BCUT2D eigenvalue weighted by Gasteiger charge is 2.15. The largest absolute Gasteiger partial charge is 0.481 e. The van der Waals surface area contributed by atoms with E-state index in [1.54, 1.807) is 12.5 Å². The van der Waals surface area contributed by atoms with Gasteiger partial charge < -0.3 is 14.8 Å². The van der Waals surface area contributed by atoms with Crippen LogP contribution in [0.4, 0.5) is 0 Å². The molecule has 5 nitrogen and oxygen atoms in total. The number of aryl methyl sites for hydroxylation is 1. The second kappa shape index (κ2) is 8.78. The molecular formula is C18H21NO4. The number of aliphatic carboxylic acids is 1. The maximum absolute atomic E-state index is 12.1. The first-order chi connectivity index (χ1) is 11.1. The number of hydrogen-bond acceptors (Lipinski definition) is 3. The summed E-state index contributed by atoms with van der Waals surface area (Å²) in [6, 6.07) is 11.4. The molecule has 1 atom stereocenters. The molecule has 0 saturated heterocycles. The Labute approximate surface area is 135 Å². The number of carbonyl (C=O) groups is 2. The molecule has 0 aliphatic rings. The number of carbonyl (C=O) groups excluding carboxylic acids is 1. The second-order valence-electron chi connectivity index (χ2n) is 5.52. The van der Waals surface area contributed by atoms with E-state index < -0.39 is 5.97 Å². The maximum Gasteiger partial charge on any atom is 0.303 e. The number of nitrogens with one attached hydrogen (secondary N) is 1. The quantitative estimate of drug-likeness (QED) is 0.746. The molecule has 1 amide bonds. The van der Waals surface area contributed by atoms with E-state index in [1.165, 1.54) is 0 Å². The predicted molar refractivity (Wildman–Crippen MR) is 86.0 cm³/mol. The van der Waals surface area contributed by atoms with Crippen molar-refractivity contribution >= 4 is 11.9 Å². The Morgan fingerprint density at radius 1 is 1.09 bits per heavy atom. The molecule has 0 spiro atoms. The van der Waals surface area contributed by atoms with Gasteiger partial charge in [0.15, 0.2) is 0 Å². The lowest BCUT2D eigenvalue weighted by Gasteiger charge is -2.18. The molecule has 1 aromatic heterocycles. The number of carboxylic acids is 1. The molecule has 0 aliphatic carbocycles. The monoisotopic (exact) mass is 315 g/mol. The second-order valence-corrected chi connectivity index (χ2v) is 5.52. The highest BCUT2D eigenvalue weighted by atomic mass is 16.4. The van der Waals surface area contributed by atoms with Crippen LogP contribution >= 0.6 is 0 Å². The number of amides is 1. The van der Waals surface area contributed by atoms with Crippen LogP contribution in [0.15, 0.2) is 53.3 Å². The van der Waals surface area contributed by atoms with Crippen LogP contribution in [0.5, 0.6) is 0 Å². The van der Waals surface area contributed by atoms with Crippen molar-refractivity contribution in [2.24, 2.45) is 0 Å². The van der Waals surface area contributed by atoms with Gasteiger partial charge in [0.1, 0.15) is 0 Å². The van der Waals surface area contributed by atoms with Crippen molar-refractivity contribution in [2.75, 3.05) is 0 Å². The zero-order valence-electron chi connectivity index (χ0n) is 12.9. The molecule has 0 radical (unpaired) electrons. The summed E-state index contributed by atoms with van der Waals surface area (Å²) >= 11 is 0. The molecule has 0 fully saturated rings. The van der Waals surface area contributed by atoms with Crippen molar-refractivity contribution in [1.82, 2.24) is 5.32 Å². The summed E-state index contributed by atoms with van der Waals surface area (Å²) in [5.74, 6) is -0.923. The highest BCUT2D eigenvalue weighted by Crippen LogP contribution is 2.09. The van der Waals surface area contributed by atoms with E-state index in [-0.39, 0.29) is 18.4 Å². The van der Waals surface area contributed by atoms with Crippen molar-refractivity contribution in [2.45, 2.75) is 38.1 Å². The van der Waals surface area contributed by atoms with E-state index in [0.717, 1.165) is 11.1 Å². The molecule has 0 bridgehead atoms. The fourth-order valence-electron chi connectivity index (χ4n) is 2.41. The number of benzene rings is 1. The molecular weight excluding hydrogens is 294 g/mol. The van der Waals surface area contributed by atoms with Crippen LogP contribution in [0.3, 0.4) is 0 Å². The minimum atomic E-state index is -0.851. The van der Waals surface area contributed by atoms with Gasteiger partial charge in [-0.3, -0.25) is 9.59 Å². The molecule has 2 N–H and O–H groups in total. The minimum Gasteiger partial charge on any atom is -0.481 e. The number of furan rings is 1. The van der Waals surface area contributed by atoms with Crippen molar-refractivity contribution in [1.29, 1.82) is 0 Å². The van der Waals surface area contributed by atoms with Gasteiger partial charge in [-0.15, -0.1) is 0 Å². The lowest BCUT2D eigenvalue weighted by molar-refractivity contribution is -0.137. The van der Waals surface area contributed by atoms with Gasteiger partial charge in [-0.2, -0.15) is 0 Å². The number of hydrogen-bond donors (Lipinski definition) is 2. The topological polar surface area (TPSA) is 79.5 Å². The van der Waals surface area contributed by atoms with E-state index in [9.17, 15) is 9.59 Å². The average Bonchev–Trinajstić information content (AvgIpc) is 3.05. The van der Waals surface area contributed by atoms with Gasteiger partial charge >= 0.3 is 5.97 Å². The average molecular weight is 315 g/mol. The van der Waals surface area contributed by atoms with Crippen molar-refractivity contribution in [3.8, 4) is 0 Å².